The topological polar surface area (TPSA) is 29.0 Å². The Morgan fingerprint density at radius 3 is 2.55 bits per heavy atom. The zero-order chi connectivity index (χ0) is 14.1. The second kappa shape index (κ2) is 5.41. The van der Waals surface area contributed by atoms with E-state index in [4.69, 9.17) is 11.6 Å². The van der Waals surface area contributed by atoms with Crippen molar-refractivity contribution in [2.45, 2.75) is 26.2 Å². The largest absolute Gasteiger partial charge is 0.353 e. The van der Waals surface area contributed by atoms with Crippen LogP contribution in [0.25, 0.3) is 0 Å². The molecule has 1 aliphatic heterocycles. The third kappa shape index (κ3) is 2.50. The van der Waals surface area contributed by atoms with Crippen LogP contribution in [0, 0.1) is 13.8 Å². The van der Waals surface area contributed by atoms with E-state index in [1.165, 1.54) is 5.56 Å². The third-order valence-corrected chi connectivity index (χ3v) is 4.26. The van der Waals surface area contributed by atoms with Gasteiger partial charge in [0.2, 0.25) is 0 Å². The Hall–Kier alpha value is -1.61. The van der Waals surface area contributed by atoms with Crippen LogP contribution in [0.1, 0.15) is 29.3 Å². The van der Waals surface area contributed by atoms with Gasteiger partial charge in [0.25, 0.3) is 0 Å². The number of hydrogen-bond donors (Lipinski definition) is 0. The van der Waals surface area contributed by atoms with E-state index in [1.807, 2.05) is 13.8 Å². The van der Waals surface area contributed by atoms with Crippen molar-refractivity contribution in [3.05, 3.63) is 52.4 Å². The zero-order valence-electron chi connectivity index (χ0n) is 11.8. The lowest BCUT2D eigenvalue weighted by Crippen LogP contribution is -2.22. The smallest absolute Gasteiger partial charge is 0.171 e. The first-order chi connectivity index (χ1) is 9.65. The molecule has 1 aromatic heterocycles. The average molecular weight is 288 g/mol. The molecule has 0 saturated carbocycles. The molecule has 0 spiro atoms. The Bertz CT molecular complexity index is 613. The van der Waals surface area contributed by atoms with Crippen molar-refractivity contribution in [1.82, 2.24) is 9.97 Å². The molecule has 2 aromatic rings. The lowest BCUT2D eigenvalue weighted by molar-refractivity contribution is 0.773. The number of aromatic nitrogens is 2. The van der Waals surface area contributed by atoms with Gasteiger partial charge in [-0.15, -0.1) is 0 Å². The summed E-state index contributed by atoms with van der Waals surface area (Å²) in [4.78, 5) is 11.2. The summed E-state index contributed by atoms with van der Waals surface area (Å²) in [6.07, 6.45) is 1.13. The number of aryl methyl sites for hydroxylation is 2. The zero-order valence-corrected chi connectivity index (χ0v) is 12.6. The van der Waals surface area contributed by atoms with Gasteiger partial charge in [-0.25, -0.2) is 9.97 Å². The Kier molecular flexibility index (Phi) is 3.62. The predicted molar refractivity (Wildman–Crippen MR) is 82.5 cm³/mol. The summed E-state index contributed by atoms with van der Waals surface area (Å²) in [5.74, 6) is 1.38. The Labute approximate surface area is 124 Å². The molecule has 3 rings (SSSR count). The molecular formula is C16H18ClN3. The first kappa shape index (κ1) is 13.4. The van der Waals surface area contributed by atoms with Crippen molar-refractivity contribution >= 4 is 17.4 Å². The molecule has 1 aliphatic rings. The maximum atomic E-state index is 6.26. The Morgan fingerprint density at radius 2 is 1.80 bits per heavy atom. The normalized spacial score (nSPS) is 18.6. The molecule has 20 heavy (non-hydrogen) atoms. The van der Waals surface area contributed by atoms with E-state index < -0.39 is 0 Å². The van der Waals surface area contributed by atoms with Gasteiger partial charge in [-0.2, -0.15) is 0 Å². The molecule has 1 fully saturated rings. The molecule has 1 aromatic carbocycles. The van der Waals surface area contributed by atoms with Crippen LogP contribution < -0.4 is 4.90 Å². The maximum Gasteiger partial charge on any atom is 0.171 e. The summed E-state index contributed by atoms with van der Waals surface area (Å²) in [6, 6.07) is 10.6. The minimum absolute atomic E-state index is 0.516. The second-order valence-corrected chi connectivity index (χ2v) is 5.71. The second-order valence-electron chi connectivity index (χ2n) is 5.35. The van der Waals surface area contributed by atoms with Crippen LogP contribution in [-0.4, -0.2) is 23.1 Å². The highest BCUT2D eigenvalue weighted by molar-refractivity contribution is 6.31. The third-order valence-electron chi connectivity index (χ3n) is 4.01. The van der Waals surface area contributed by atoms with Crippen molar-refractivity contribution in [1.29, 1.82) is 0 Å². The minimum atomic E-state index is 0.516. The SMILES string of the molecule is Cc1nc(Cl)c(N2CCC(c3ccccc3)C2)nc1C. The standard InChI is InChI=1S/C16H18ClN3/c1-11-12(2)19-16(15(17)18-11)20-9-8-14(10-20)13-6-4-3-5-7-13/h3-7,14H,8-10H2,1-2H3. The number of halogens is 1. The first-order valence-electron chi connectivity index (χ1n) is 6.96. The fourth-order valence-corrected chi connectivity index (χ4v) is 3.00. The van der Waals surface area contributed by atoms with Crippen LogP contribution in [0.4, 0.5) is 5.82 Å². The van der Waals surface area contributed by atoms with Crippen LogP contribution in [-0.2, 0) is 0 Å². The molecular weight excluding hydrogens is 270 g/mol. The van der Waals surface area contributed by atoms with E-state index in [2.05, 4.69) is 45.2 Å². The molecule has 2 heterocycles. The van der Waals surface area contributed by atoms with Gasteiger partial charge in [0.05, 0.1) is 11.4 Å². The molecule has 1 unspecified atom stereocenters. The molecule has 0 N–H and O–H groups in total. The number of hydrogen-bond acceptors (Lipinski definition) is 3. The Morgan fingerprint density at radius 1 is 1.10 bits per heavy atom. The van der Waals surface area contributed by atoms with Crippen molar-refractivity contribution in [3.8, 4) is 0 Å². The summed E-state index contributed by atoms with van der Waals surface area (Å²) in [5, 5.41) is 0.516. The fraction of sp³-hybridized carbons (Fsp3) is 0.375. The molecule has 0 bridgehead atoms. The van der Waals surface area contributed by atoms with E-state index >= 15 is 0 Å². The average Bonchev–Trinajstić information content (AvgIpc) is 2.93. The van der Waals surface area contributed by atoms with E-state index in [1.54, 1.807) is 0 Å². The fourth-order valence-electron chi connectivity index (χ4n) is 2.72. The number of anilines is 1. The van der Waals surface area contributed by atoms with E-state index in [-0.39, 0.29) is 0 Å². The summed E-state index contributed by atoms with van der Waals surface area (Å²) in [5.41, 5.74) is 3.24. The molecule has 1 saturated heterocycles. The van der Waals surface area contributed by atoms with Crippen LogP contribution >= 0.6 is 11.6 Å². The molecule has 1 atom stereocenters. The van der Waals surface area contributed by atoms with Crippen molar-refractivity contribution < 1.29 is 0 Å². The minimum Gasteiger partial charge on any atom is -0.353 e. The van der Waals surface area contributed by atoms with Crippen LogP contribution in [0.15, 0.2) is 30.3 Å². The summed E-state index contributed by atoms with van der Waals surface area (Å²) >= 11 is 6.26. The van der Waals surface area contributed by atoms with Crippen molar-refractivity contribution in [3.63, 3.8) is 0 Å². The predicted octanol–water partition coefficient (Wildman–Crippen LogP) is 3.74. The van der Waals surface area contributed by atoms with E-state index in [0.29, 0.717) is 11.1 Å². The number of rotatable bonds is 2. The van der Waals surface area contributed by atoms with Crippen LogP contribution in [0.5, 0.6) is 0 Å². The van der Waals surface area contributed by atoms with Gasteiger partial charge in [-0.05, 0) is 25.8 Å². The lowest BCUT2D eigenvalue weighted by atomic mass is 9.99. The monoisotopic (exact) mass is 287 g/mol. The van der Waals surface area contributed by atoms with E-state index in [0.717, 1.165) is 36.7 Å². The molecule has 0 amide bonds. The highest BCUT2D eigenvalue weighted by Gasteiger charge is 2.26. The Balaban J connectivity index is 1.82. The molecule has 0 radical (unpaired) electrons. The molecule has 4 heteroatoms. The van der Waals surface area contributed by atoms with Gasteiger partial charge >= 0.3 is 0 Å². The van der Waals surface area contributed by atoms with Gasteiger partial charge in [-0.1, -0.05) is 41.9 Å². The summed E-state index contributed by atoms with van der Waals surface area (Å²) in [6.45, 7) is 5.86. The summed E-state index contributed by atoms with van der Waals surface area (Å²) in [7, 11) is 0. The molecule has 3 nitrogen and oxygen atoms in total. The van der Waals surface area contributed by atoms with Gasteiger partial charge in [0, 0.05) is 19.0 Å². The highest BCUT2D eigenvalue weighted by atomic mass is 35.5. The van der Waals surface area contributed by atoms with Gasteiger partial charge in [0.15, 0.2) is 11.0 Å². The quantitative estimate of drug-likeness (QED) is 0.842. The van der Waals surface area contributed by atoms with Crippen LogP contribution in [0.2, 0.25) is 5.15 Å². The number of nitrogens with zero attached hydrogens (tertiary/aromatic N) is 3. The van der Waals surface area contributed by atoms with Crippen molar-refractivity contribution in [2.75, 3.05) is 18.0 Å². The van der Waals surface area contributed by atoms with Gasteiger partial charge in [-0.3, -0.25) is 0 Å². The first-order valence-corrected chi connectivity index (χ1v) is 7.33. The molecule has 104 valence electrons. The van der Waals surface area contributed by atoms with Crippen molar-refractivity contribution in [2.24, 2.45) is 0 Å². The molecule has 0 aliphatic carbocycles. The highest BCUT2D eigenvalue weighted by Crippen LogP contribution is 2.32. The van der Waals surface area contributed by atoms with Gasteiger partial charge < -0.3 is 4.90 Å². The van der Waals surface area contributed by atoms with Crippen LogP contribution in [0.3, 0.4) is 0 Å². The number of benzene rings is 1. The van der Waals surface area contributed by atoms with Gasteiger partial charge in [0.1, 0.15) is 0 Å². The maximum absolute atomic E-state index is 6.26. The van der Waals surface area contributed by atoms with E-state index in [9.17, 15) is 0 Å². The lowest BCUT2D eigenvalue weighted by Gasteiger charge is -2.19. The summed E-state index contributed by atoms with van der Waals surface area (Å²) < 4.78 is 0.